The van der Waals surface area contributed by atoms with E-state index in [9.17, 15) is 14.0 Å². The highest BCUT2D eigenvalue weighted by Crippen LogP contribution is 2.13. The summed E-state index contributed by atoms with van der Waals surface area (Å²) in [4.78, 5) is 28.8. The molecule has 5 nitrogen and oxygen atoms in total. The van der Waals surface area contributed by atoms with E-state index < -0.39 is 0 Å². The fourth-order valence-corrected chi connectivity index (χ4v) is 2.68. The smallest absolute Gasteiger partial charge is 0.253 e. The van der Waals surface area contributed by atoms with Crippen LogP contribution in [0.2, 0.25) is 0 Å². The number of hydrogen-bond acceptors (Lipinski definition) is 3. The fraction of sp³-hybridized carbons (Fsp3) is 0.136. The number of hydrogen-bond donors (Lipinski definition) is 2. The Kier molecular flexibility index (Phi) is 6.11. The van der Waals surface area contributed by atoms with Crippen LogP contribution in [0.25, 0.3) is 0 Å². The molecule has 0 aliphatic rings. The Morgan fingerprint density at radius 1 is 0.964 bits per heavy atom. The van der Waals surface area contributed by atoms with Gasteiger partial charge in [-0.1, -0.05) is 42.5 Å². The lowest BCUT2D eigenvalue weighted by Gasteiger charge is -2.14. The summed E-state index contributed by atoms with van der Waals surface area (Å²) < 4.78 is 12.9. The number of benzene rings is 2. The molecular weight excluding hydrogens is 357 g/mol. The second-order valence-corrected chi connectivity index (χ2v) is 6.38. The summed E-state index contributed by atoms with van der Waals surface area (Å²) in [5, 5.41) is 5.63. The van der Waals surface area contributed by atoms with E-state index in [2.05, 4.69) is 15.6 Å². The fourth-order valence-electron chi connectivity index (χ4n) is 2.68. The molecule has 0 bridgehead atoms. The lowest BCUT2D eigenvalue weighted by molar-refractivity contribution is 0.0939. The molecule has 3 rings (SSSR count). The van der Waals surface area contributed by atoms with Crippen molar-refractivity contribution in [3.05, 3.63) is 101 Å². The third kappa shape index (κ3) is 5.01. The van der Waals surface area contributed by atoms with Crippen LogP contribution in [0.5, 0.6) is 0 Å². The van der Waals surface area contributed by atoms with Gasteiger partial charge in [0.25, 0.3) is 11.8 Å². The monoisotopic (exact) mass is 377 g/mol. The van der Waals surface area contributed by atoms with Crippen LogP contribution < -0.4 is 10.6 Å². The van der Waals surface area contributed by atoms with E-state index in [0.29, 0.717) is 5.56 Å². The number of carbonyl (C=O) groups excluding carboxylic acids is 2. The first-order valence-corrected chi connectivity index (χ1v) is 8.86. The zero-order valence-corrected chi connectivity index (χ0v) is 15.4. The van der Waals surface area contributed by atoms with Gasteiger partial charge in [-0.25, -0.2) is 4.39 Å². The molecule has 142 valence electrons. The van der Waals surface area contributed by atoms with Gasteiger partial charge in [0.2, 0.25) is 0 Å². The molecule has 2 N–H and O–H groups in total. The Hall–Kier alpha value is -3.54. The molecule has 1 unspecified atom stereocenters. The molecule has 6 heteroatoms. The number of carbonyl (C=O) groups is 2. The van der Waals surface area contributed by atoms with Crippen LogP contribution >= 0.6 is 0 Å². The maximum absolute atomic E-state index is 12.9. The van der Waals surface area contributed by atoms with Crippen molar-refractivity contribution in [2.75, 3.05) is 0 Å². The molecule has 0 aliphatic carbocycles. The third-order valence-electron chi connectivity index (χ3n) is 4.28. The number of pyridine rings is 1. The Morgan fingerprint density at radius 3 is 2.29 bits per heavy atom. The summed E-state index contributed by atoms with van der Waals surface area (Å²) in [6, 6.07) is 16.8. The molecule has 0 aliphatic heterocycles. The molecule has 0 spiro atoms. The van der Waals surface area contributed by atoms with Crippen molar-refractivity contribution in [2.24, 2.45) is 0 Å². The van der Waals surface area contributed by atoms with E-state index in [0.717, 1.165) is 11.1 Å². The number of rotatable bonds is 6. The molecule has 2 amide bonds. The average molecular weight is 377 g/mol. The van der Waals surface area contributed by atoms with Gasteiger partial charge in [0.1, 0.15) is 5.82 Å². The van der Waals surface area contributed by atoms with E-state index in [1.807, 2.05) is 37.3 Å². The zero-order valence-electron chi connectivity index (χ0n) is 15.4. The first kappa shape index (κ1) is 19.2. The average Bonchev–Trinajstić information content (AvgIpc) is 2.73. The van der Waals surface area contributed by atoms with E-state index in [-0.39, 0.29) is 35.8 Å². The molecule has 3 aromatic rings. The predicted molar refractivity (Wildman–Crippen MR) is 104 cm³/mol. The topological polar surface area (TPSA) is 71.1 Å². The SMILES string of the molecule is CC(NC(=O)c1cncc(C(=O)NCc2ccc(F)cc2)c1)c1ccccc1. The third-order valence-corrected chi connectivity index (χ3v) is 4.28. The van der Waals surface area contributed by atoms with Gasteiger partial charge in [0.15, 0.2) is 0 Å². The number of amides is 2. The minimum absolute atomic E-state index is 0.176. The maximum Gasteiger partial charge on any atom is 0.253 e. The molecule has 0 fully saturated rings. The van der Waals surface area contributed by atoms with E-state index >= 15 is 0 Å². The Morgan fingerprint density at radius 2 is 1.61 bits per heavy atom. The van der Waals surface area contributed by atoms with Crippen LogP contribution in [0.3, 0.4) is 0 Å². The van der Waals surface area contributed by atoms with Gasteiger partial charge in [-0.05, 0) is 36.2 Å². The largest absolute Gasteiger partial charge is 0.348 e. The summed E-state index contributed by atoms with van der Waals surface area (Å²) in [6.45, 7) is 2.14. The van der Waals surface area contributed by atoms with Gasteiger partial charge >= 0.3 is 0 Å². The summed E-state index contributed by atoms with van der Waals surface area (Å²) in [6.07, 6.45) is 2.82. The summed E-state index contributed by atoms with van der Waals surface area (Å²) in [5.74, 6) is -0.998. The highest BCUT2D eigenvalue weighted by molar-refractivity contribution is 5.99. The van der Waals surface area contributed by atoms with E-state index in [1.165, 1.54) is 30.6 Å². The first-order valence-electron chi connectivity index (χ1n) is 8.86. The normalized spacial score (nSPS) is 11.5. The minimum atomic E-state index is -0.359. The second-order valence-electron chi connectivity index (χ2n) is 6.38. The summed E-state index contributed by atoms with van der Waals surface area (Å²) >= 11 is 0. The quantitative estimate of drug-likeness (QED) is 0.689. The Labute approximate surface area is 162 Å². The van der Waals surface area contributed by atoms with Crippen molar-refractivity contribution in [3.63, 3.8) is 0 Å². The standard InChI is InChI=1S/C22H20FN3O2/c1-15(17-5-3-2-4-6-17)26-22(28)19-11-18(13-24-14-19)21(27)25-12-16-7-9-20(23)10-8-16/h2-11,13-15H,12H2,1H3,(H,25,27)(H,26,28). The number of nitrogens with one attached hydrogen (secondary N) is 2. The van der Waals surface area contributed by atoms with Crippen molar-refractivity contribution in [3.8, 4) is 0 Å². The van der Waals surface area contributed by atoms with Gasteiger partial charge in [-0.3, -0.25) is 14.6 Å². The molecule has 0 saturated heterocycles. The van der Waals surface area contributed by atoms with Crippen LogP contribution in [0.1, 0.15) is 44.8 Å². The molecule has 0 saturated carbocycles. The van der Waals surface area contributed by atoms with Crippen molar-refractivity contribution in [1.82, 2.24) is 15.6 Å². The number of halogens is 1. The molecule has 1 atom stereocenters. The number of aromatic nitrogens is 1. The summed E-state index contributed by atoms with van der Waals surface area (Å²) in [7, 11) is 0. The van der Waals surface area contributed by atoms with Gasteiger partial charge in [-0.15, -0.1) is 0 Å². The van der Waals surface area contributed by atoms with Gasteiger partial charge in [0.05, 0.1) is 17.2 Å². The Balaban J connectivity index is 1.63. The highest BCUT2D eigenvalue weighted by Gasteiger charge is 2.14. The van der Waals surface area contributed by atoms with Gasteiger partial charge in [-0.2, -0.15) is 0 Å². The maximum atomic E-state index is 12.9. The second kappa shape index (κ2) is 8.90. The number of nitrogens with zero attached hydrogens (tertiary/aromatic N) is 1. The molecule has 1 aromatic heterocycles. The van der Waals surface area contributed by atoms with Crippen molar-refractivity contribution in [1.29, 1.82) is 0 Å². The van der Waals surface area contributed by atoms with Crippen LogP contribution in [-0.4, -0.2) is 16.8 Å². The van der Waals surface area contributed by atoms with Gasteiger partial charge in [0, 0.05) is 18.9 Å². The van der Waals surface area contributed by atoms with Crippen molar-refractivity contribution >= 4 is 11.8 Å². The molecule has 28 heavy (non-hydrogen) atoms. The molecular formula is C22H20FN3O2. The minimum Gasteiger partial charge on any atom is -0.348 e. The Bertz CT molecular complexity index is 959. The first-order chi connectivity index (χ1) is 13.5. The van der Waals surface area contributed by atoms with Crippen molar-refractivity contribution < 1.29 is 14.0 Å². The predicted octanol–water partition coefficient (Wildman–Crippen LogP) is 3.64. The molecule has 2 aromatic carbocycles. The molecule has 0 radical (unpaired) electrons. The van der Waals surface area contributed by atoms with Crippen molar-refractivity contribution in [2.45, 2.75) is 19.5 Å². The molecule has 1 heterocycles. The highest BCUT2D eigenvalue weighted by atomic mass is 19.1. The van der Waals surface area contributed by atoms with Crippen LogP contribution in [-0.2, 0) is 6.54 Å². The lowest BCUT2D eigenvalue weighted by Crippen LogP contribution is -2.28. The lowest BCUT2D eigenvalue weighted by atomic mass is 10.1. The van der Waals surface area contributed by atoms with Crippen LogP contribution in [0.15, 0.2) is 73.1 Å². The van der Waals surface area contributed by atoms with E-state index in [4.69, 9.17) is 0 Å². The van der Waals surface area contributed by atoms with Crippen LogP contribution in [0, 0.1) is 5.82 Å². The van der Waals surface area contributed by atoms with Gasteiger partial charge < -0.3 is 10.6 Å². The zero-order chi connectivity index (χ0) is 19.9. The summed E-state index contributed by atoms with van der Waals surface area (Å²) in [5.41, 5.74) is 2.34. The van der Waals surface area contributed by atoms with E-state index in [1.54, 1.807) is 12.1 Å². The van der Waals surface area contributed by atoms with Crippen LogP contribution in [0.4, 0.5) is 4.39 Å².